The van der Waals surface area contributed by atoms with Gasteiger partial charge >= 0.3 is 11.9 Å². The molecule has 0 unspecified atom stereocenters. The molecule has 6 N–H and O–H groups in total. The number of nitrogens with one attached hydrogen (secondary N) is 1. The molecule has 1 amide bonds. The molecular formula is C57H88N4O12. The van der Waals surface area contributed by atoms with Crippen molar-refractivity contribution in [2.24, 2.45) is 39.6 Å². The minimum atomic E-state index is -1.55. The van der Waals surface area contributed by atoms with E-state index in [4.69, 9.17) is 29.3 Å². The van der Waals surface area contributed by atoms with Gasteiger partial charge in [0.2, 0.25) is 0 Å². The van der Waals surface area contributed by atoms with Crippen LogP contribution in [0.2, 0.25) is 0 Å². The highest BCUT2D eigenvalue weighted by molar-refractivity contribution is 6.16. The topological polar surface area (TPSA) is 237 Å². The summed E-state index contributed by atoms with van der Waals surface area (Å²) >= 11 is 0. The van der Waals surface area contributed by atoms with E-state index in [1.54, 1.807) is 45.1 Å². The lowest BCUT2D eigenvalue weighted by Crippen LogP contribution is -2.45. The van der Waals surface area contributed by atoms with Gasteiger partial charge in [0.15, 0.2) is 23.0 Å². The van der Waals surface area contributed by atoms with Crippen LogP contribution < -0.4 is 20.8 Å². The Morgan fingerprint density at radius 2 is 1.51 bits per heavy atom. The first-order valence-corrected chi connectivity index (χ1v) is 25.8. The molecule has 16 heteroatoms. The monoisotopic (exact) mass is 1020 g/mol. The van der Waals surface area contributed by atoms with Crippen molar-refractivity contribution in [2.75, 3.05) is 38.7 Å². The number of rotatable bonds is 9. The zero-order valence-corrected chi connectivity index (χ0v) is 46.6. The quantitative estimate of drug-likeness (QED) is 0.0344. The number of hydrogen-bond donors (Lipinski definition) is 6. The Kier molecular flexibility index (Phi) is 27.4. The van der Waals surface area contributed by atoms with Gasteiger partial charge in [-0.3, -0.25) is 29.2 Å². The van der Waals surface area contributed by atoms with E-state index in [1.165, 1.54) is 13.8 Å². The van der Waals surface area contributed by atoms with Crippen LogP contribution in [0.25, 0.3) is 10.8 Å². The number of likely N-dealkylation sites (tertiary alicyclic amines) is 1. The molecule has 0 radical (unpaired) electrons. The molecule has 1 saturated heterocycles. The van der Waals surface area contributed by atoms with Crippen LogP contribution >= 0.6 is 0 Å². The number of phenols is 2. The van der Waals surface area contributed by atoms with Crippen LogP contribution in [-0.2, 0) is 23.9 Å². The molecule has 3 aliphatic rings. The first kappa shape index (κ1) is 65.4. The minimum absolute atomic E-state index is 0.0169. The fourth-order valence-electron chi connectivity index (χ4n) is 9.52. The van der Waals surface area contributed by atoms with Crippen LogP contribution in [0.4, 0.5) is 5.69 Å². The summed E-state index contributed by atoms with van der Waals surface area (Å²) < 4.78 is 18.3. The molecule has 6 atom stereocenters. The Hall–Kier alpha value is -5.60. The lowest BCUT2D eigenvalue weighted by atomic mass is 9.80. The van der Waals surface area contributed by atoms with Crippen LogP contribution in [0.1, 0.15) is 151 Å². The first-order chi connectivity index (χ1) is 34.5. The standard InChI is InChI=1S/C50H70N4O11.2C2H6.C2H2.CH4O/c1-12-63-47-32(8)43(59)39-38-37(47)34(55)19-14-13-17-29(5)45(64-36(58)25-35(56)57)33(9)46(65-49(10,11)62)31(7)24-28(4)16-15-18-30(6)48(61)51-42(44(39)60)41-40(38)52-50(53-41)20-22-54(23-21-50)26-27(2)3;4*1-2/h13-16,18,27-29,31,33,45-46,59-60,62H,12,17,19-26H2,1-11H3,(H,51,61)(H,56,57);2*1-2H3;1-2H;2H,1H3/b14-13+,16-15+,30-18-;;;;/t28-,29+,31+,33-,45+,46+;;;;/m0..../s1. The normalized spacial score (nSPS) is 23.9. The van der Waals surface area contributed by atoms with Crippen molar-refractivity contribution < 1.29 is 58.9 Å². The number of Topliss-reactive ketones (excluding diaryl/α,β-unsaturated/α-hetero) is 1. The predicted molar refractivity (Wildman–Crippen MR) is 288 cm³/mol. The number of carbonyl (C=O) groups is 4. The third kappa shape index (κ3) is 17.5. The maximum atomic E-state index is 14.7. The van der Waals surface area contributed by atoms with E-state index in [-0.39, 0.29) is 74.7 Å². The predicted octanol–water partition coefficient (Wildman–Crippen LogP) is 8.98. The highest BCUT2D eigenvalue weighted by Crippen LogP contribution is 2.46. The number of piperidine rings is 1. The summed E-state index contributed by atoms with van der Waals surface area (Å²) in [6.45, 7) is 30.6. The van der Waals surface area contributed by atoms with Gasteiger partial charge in [-0.05, 0) is 71.1 Å². The number of carbonyl (C=O) groups excluding carboxylic acids is 3. The molecule has 2 aromatic rings. The zero-order chi connectivity index (χ0) is 56.1. The number of aliphatic hydroxyl groups is 2. The van der Waals surface area contributed by atoms with E-state index < -0.39 is 71.3 Å². The van der Waals surface area contributed by atoms with Crippen molar-refractivity contribution in [3.63, 3.8) is 0 Å². The first-order valence-electron chi connectivity index (χ1n) is 25.8. The number of esters is 1. The SMILES string of the molecule is C#C.CC.CC.CCOc1c(C)c(O)c2c(O)c3c4c(c2c1C(=O)C/C=C/C[C@@H](C)[C@@H](OC(=O)CC(=O)O)[C@H](C)[C@H](OC(C)(C)O)[C@H](C)C[C@@H](C)/C=C/C=C(/C)C(=O)N3)=NC1(CCN(CC(C)C)CC1)N=4.CO. The number of amides is 1. The Bertz CT molecular complexity index is 2410. The molecule has 2 aromatic carbocycles. The molecule has 2 bridgehead atoms. The van der Waals surface area contributed by atoms with Crippen molar-refractivity contribution in [3.8, 4) is 30.1 Å². The second-order valence-electron chi connectivity index (χ2n) is 19.3. The molecule has 5 rings (SSSR count). The summed E-state index contributed by atoms with van der Waals surface area (Å²) in [4.78, 5) is 66.1. The maximum Gasteiger partial charge on any atom is 0.317 e. The number of anilines is 1. The molecule has 0 saturated carbocycles. The Morgan fingerprint density at radius 3 is 2.05 bits per heavy atom. The van der Waals surface area contributed by atoms with Gasteiger partial charge < -0.3 is 50.0 Å². The number of hydrogen-bond acceptors (Lipinski definition) is 14. The summed E-state index contributed by atoms with van der Waals surface area (Å²) in [5.74, 6) is -6.07. The largest absolute Gasteiger partial charge is 0.507 e. The van der Waals surface area contributed by atoms with Crippen molar-refractivity contribution in [2.45, 2.75) is 166 Å². The highest BCUT2D eigenvalue weighted by Gasteiger charge is 2.41. The Labute approximate surface area is 434 Å². The summed E-state index contributed by atoms with van der Waals surface area (Å²) in [7, 11) is 1.00. The summed E-state index contributed by atoms with van der Waals surface area (Å²) in [5.41, 5.74) is -0.320. The number of ether oxygens (including phenoxy) is 3. The van der Waals surface area contributed by atoms with Crippen molar-refractivity contribution >= 4 is 40.1 Å². The molecule has 1 spiro atoms. The molecule has 3 aliphatic heterocycles. The Morgan fingerprint density at radius 1 is 0.918 bits per heavy atom. The highest BCUT2D eigenvalue weighted by atomic mass is 16.6. The van der Waals surface area contributed by atoms with Gasteiger partial charge in [0.05, 0.1) is 29.0 Å². The molecule has 3 heterocycles. The molecule has 1 fully saturated rings. The zero-order valence-electron chi connectivity index (χ0n) is 46.6. The number of terminal acetylenes is 1. The number of allylic oxidation sites excluding steroid dienone is 5. The molecule has 73 heavy (non-hydrogen) atoms. The lowest BCUT2D eigenvalue weighted by Gasteiger charge is -2.40. The van der Waals surface area contributed by atoms with Crippen LogP contribution in [0.5, 0.6) is 17.2 Å². The average Bonchev–Trinajstić information content (AvgIpc) is 3.72. The van der Waals surface area contributed by atoms with Gasteiger partial charge in [-0.1, -0.05) is 99.6 Å². The fraction of sp³-hybridized carbons (Fsp3) is 0.614. The second kappa shape index (κ2) is 30.6. The van der Waals surface area contributed by atoms with E-state index in [0.29, 0.717) is 50.3 Å². The molecule has 0 aliphatic carbocycles. The van der Waals surface area contributed by atoms with E-state index in [1.807, 2.05) is 61.5 Å². The van der Waals surface area contributed by atoms with Gasteiger partial charge in [0, 0.05) is 68.4 Å². The number of benzene rings is 2. The third-order valence-corrected chi connectivity index (χ3v) is 12.6. The smallest absolute Gasteiger partial charge is 0.317 e. The minimum Gasteiger partial charge on any atom is -0.507 e. The second-order valence-corrected chi connectivity index (χ2v) is 19.3. The Balaban J connectivity index is 0.00000317. The van der Waals surface area contributed by atoms with Crippen LogP contribution in [0.15, 0.2) is 45.9 Å². The average molecular weight is 1020 g/mol. The number of carboxylic acid groups (broad SMARTS) is 1. The van der Waals surface area contributed by atoms with E-state index in [0.717, 1.165) is 13.7 Å². The van der Waals surface area contributed by atoms with E-state index in [9.17, 15) is 39.6 Å². The van der Waals surface area contributed by atoms with Crippen molar-refractivity contribution in [1.29, 1.82) is 0 Å². The summed E-state index contributed by atoms with van der Waals surface area (Å²) in [6, 6.07) is 0. The molecular weight excluding hydrogens is 933 g/mol. The molecule has 408 valence electrons. The number of phenolic OH excluding ortho intramolecular Hbond substituents is 2. The van der Waals surface area contributed by atoms with Crippen LogP contribution in [0, 0.1) is 49.4 Å². The van der Waals surface area contributed by atoms with Crippen molar-refractivity contribution in [3.05, 3.63) is 57.8 Å². The summed E-state index contributed by atoms with van der Waals surface area (Å²) in [6.07, 6.45) is 16.4. The maximum absolute atomic E-state index is 14.7. The number of carboxylic acids is 1. The number of ketones is 1. The number of aromatic hydroxyl groups is 2. The summed E-state index contributed by atoms with van der Waals surface area (Å²) in [5, 5.41) is 54.9. The molecule has 0 aromatic heterocycles. The number of aliphatic hydroxyl groups excluding tert-OH is 1. The lowest BCUT2D eigenvalue weighted by molar-refractivity contribution is -0.237. The van der Waals surface area contributed by atoms with Gasteiger partial charge in [-0.2, -0.15) is 0 Å². The van der Waals surface area contributed by atoms with Gasteiger partial charge in [0.25, 0.3) is 5.91 Å². The number of nitrogens with zero attached hydrogens (tertiary/aromatic N) is 3. The van der Waals surface area contributed by atoms with Gasteiger partial charge in [-0.15, -0.1) is 12.8 Å². The van der Waals surface area contributed by atoms with Gasteiger partial charge in [0.1, 0.15) is 35.1 Å². The van der Waals surface area contributed by atoms with E-state index in [2.05, 4.69) is 36.9 Å². The fourth-order valence-corrected chi connectivity index (χ4v) is 9.52. The number of aliphatic carboxylic acids is 1. The third-order valence-electron chi connectivity index (χ3n) is 12.6. The van der Waals surface area contributed by atoms with E-state index >= 15 is 0 Å². The van der Waals surface area contributed by atoms with Crippen LogP contribution in [-0.4, -0.2) is 111 Å². The molecule has 16 nitrogen and oxygen atoms in total. The van der Waals surface area contributed by atoms with Crippen molar-refractivity contribution in [1.82, 2.24) is 4.90 Å². The van der Waals surface area contributed by atoms with Gasteiger partial charge in [-0.25, -0.2) is 0 Å². The van der Waals surface area contributed by atoms with Crippen LogP contribution in [0.3, 0.4) is 0 Å².